The van der Waals surface area contributed by atoms with Crippen molar-refractivity contribution in [2.75, 3.05) is 12.1 Å². The zero-order valence-electron chi connectivity index (χ0n) is 13.7. The summed E-state index contributed by atoms with van der Waals surface area (Å²) >= 11 is 5.94. The van der Waals surface area contributed by atoms with Crippen LogP contribution in [0.25, 0.3) is 5.65 Å². The molecule has 2 aromatic heterocycles. The normalized spacial score (nSPS) is 13.2. The fraction of sp³-hybridized carbons (Fsp3) is 0.176. The van der Waals surface area contributed by atoms with E-state index in [0.29, 0.717) is 17.2 Å². The van der Waals surface area contributed by atoms with Gasteiger partial charge in [-0.1, -0.05) is 11.6 Å². The summed E-state index contributed by atoms with van der Waals surface area (Å²) in [6.45, 7) is 1.60. The summed E-state index contributed by atoms with van der Waals surface area (Å²) in [6, 6.07) is 5.56. The zero-order chi connectivity index (χ0) is 19.3. The summed E-state index contributed by atoms with van der Waals surface area (Å²) in [5.41, 5.74) is -0.311. The van der Waals surface area contributed by atoms with Gasteiger partial charge in [0.05, 0.1) is 16.3 Å². The number of hydrogen-bond donors (Lipinski definition) is 1. The Labute approximate surface area is 155 Å². The highest BCUT2D eigenvalue weighted by Gasteiger charge is 2.33. The number of fused-ring (bicyclic) bond motifs is 2. The lowest BCUT2D eigenvalue weighted by molar-refractivity contribution is -0.137. The lowest BCUT2D eigenvalue weighted by atomic mass is 10.2. The number of carbonyl (C=O) groups is 1. The summed E-state index contributed by atoms with van der Waals surface area (Å²) in [4.78, 5) is 16.8. The molecular weight excluding hydrogens is 387 g/mol. The molecule has 4 rings (SSSR count). The second-order valence-corrected chi connectivity index (χ2v) is 6.24. The maximum Gasteiger partial charge on any atom is 0.417 e. The number of ether oxygens (including phenoxy) is 2. The number of rotatable bonds is 2. The third-order valence-electron chi connectivity index (χ3n) is 4.02. The first-order valence-electron chi connectivity index (χ1n) is 7.70. The number of halogens is 4. The molecule has 3 aromatic rings. The van der Waals surface area contributed by atoms with Crippen LogP contribution in [-0.4, -0.2) is 22.1 Å². The maximum absolute atomic E-state index is 13.1. The van der Waals surface area contributed by atoms with Crippen molar-refractivity contribution >= 4 is 28.8 Å². The van der Waals surface area contributed by atoms with Gasteiger partial charge in [0.1, 0.15) is 5.69 Å². The molecule has 3 heterocycles. The Morgan fingerprint density at radius 1 is 1.26 bits per heavy atom. The van der Waals surface area contributed by atoms with E-state index in [0.717, 1.165) is 16.7 Å². The van der Waals surface area contributed by atoms with E-state index in [4.69, 9.17) is 21.1 Å². The van der Waals surface area contributed by atoms with Gasteiger partial charge in [0.25, 0.3) is 5.91 Å². The molecule has 0 saturated heterocycles. The summed E-state index contributed by atoms with van der Waals surface area (Å²) in [5.74, 6) is 0.375. The largest absolute Gasteiger partial charge is 0.454 e. The van der Waals surface area contributed by atoms with Crippen LogP contribution in [0.1, 0.15) is 21.7 Å². The molecule has 0 saturated carbocycles. The third kappa shape index (κ3) is 3.03. The van der Waals surface area contributed by atoms with Gasteiger partial charge in [-0.3, -0.25) is 9.20 Å². The molecule has 10 heteroatoms. The van der Waals surface area contributed by atoms with Crippen molar-refractivity contribution in [1.29, 1.82) is 0 Å². The van der Waals surface area contributed by atoms with E-state index in [-0.39, 0.29) is 28.9 Å². The van der Waals surface area contributed by atoms with Gasteiger partial charge in [-0.05, 0) is 25.1 Å². The Kier molecular flexibility index (Phi) is 3.92. The summed E-state index contributed by atoms with van der Waals surface area (Å²) < 4.78 is 50.8. The third-order valence-corrected chi connectivity index (χ3v) is 4.30. The Balaban J connectivity index is 1.75. The first kappa shape index (κ1) is 17.5. The van der Waals surface area contributed by atoms with Crippen LogP contribution in [0, 0.1) is 6.92 Å². The molecule has 6 nitrogen and oxygen atoms in total. The summed E-state index contributed by atoms with van der Waals surface area (Å²) in [6.07, 6.45) is -3.81. The SMILES string of the molecule is Cc1nc2c(Cl)cc(C(F)(F)F)cn2c1C(=O)Nc1ccc2c(c1)OCO2. The predicted octanol–water partition coefficient (Wildman–Crippen LogP) is 4.30. The topological polar surface area (TPSA) is 64.9 Å². The Morgan fingerprint density at radius 2 is 2.00 bits per heavy atom. The van der Waals surface area contributed by atoms with E-state index in [9.17, 15) is 18.0 Å². The van der Waals surface area contributed by atoms with Crippen LogP contribution in [0.5, 0.6) is 11.5 Å². The van der Waals surface area contributed by atoms with Crippen molar-refractivity contribution in [1.82, 2.24) is 9.38 Å². The fourth-order valence-corrected chi connectivity index (χ4v) is 3.06. The lowest BCUT2D eigenvalue weighted by Gasteiger charge is -2.10. The van der Waals surface area contributed by atoms with Crippen LogP contribution in [0.15, 0.2) is 30.5 Å². The van der Waals surface area contributed by atoms with Crippen molar-refractivity contribution in [3.8, 4) is 11.5 Å². The number of nitrogens with one attached hydrogen (secondary N) is 1. The molecule has 0 radical (unpaired) electrons. The highest BCUT2D eigenvalue weighted by Crippen LogP contribution is 2.35. The van der Waals surface area contributed by atoms with Crippen LogP contribution in [-0.2, 0) is 6.18 Å². The number of benzene rings is 1. The summed E-state index contributed by atoms with van der Waals surface area (Å²) in [5, 5.41) is 2.43. The van der Waals surface area contributed by atoms with E-state index in [1.807, 2.05) is 0 Å². The van der Waals surface area contributed by atoms with Crippen molar-refractivity contribution < 1.29 is 27.4 Å². The molecule has 27 heavy (non-hydrogen) atoms. The van der Waals surface area contributed by atoms with Crippen LogP contribution in [0.4, 0.5) is 18.9 Å². The number of amides is 1. The molecule has 0 atom stereocenters. The van der Waals surface area contributed by atoms with Gasteiger partial charge in [-0.15, -0.1) is 0 Å². The number of aryl methyl sites for hydroxylation is 1. The number of hydrogen-bond acceptors (Lipinski definition) is 4. The highest BCUT2D eigenvalue weighted by atomic mass is 35.5. The number of imidazole rings is 1. The minimum absolute atomic E-state index is 0.0457. The first-order chi connectivity index (χ1) is 12.7. The average molecular weight is 398 g/mol. The Hall–Kier alpha value is -2.94. The second-order valence-electron chi connectivity index (χ2n) is 5.84. The Bertz CT molecular complexity index is 1080. The molecule has 1 aliphatic heterocycles. The van der Waals surface area contributed by atoms with Gasteiger partial charge in [-0.25, -0.2) is 4.98 Å². The minimum Gasteiger partial charge on any atom is -0.454 e. The number of pyridine rings is 1. The first-order valence-corrected chi connectivity index (χ1v) is 8.08. The molecule has 0 bridgehead atoms. The van der Waals surface area contributed by atoms with Crippen molar-refractivity contribution in [2.24, 2.45) is 0 Å². The average Bonchev–Trinajstić information content (AvgIpc) is 3.17. The molecular formula is C17H11ClF3N3O3. The van der Waals surface area contributed by atoms with Crippen molar-refractivity contribution in [3.63, 3.8) is 0 Å². The molecule has 1 aromatic carbocycles. The van der Waals surface area contributed by atoms with Crippen molar-refractivity contribution in [3.05, 3.63) is 52.4 Å². The van der Waals surface area contributed by atoms with E-state index in [1.165, 1.54) is 6.92 Å². The summed E-state index contributed by atoms with van der Waals surface area (Å²) in [7, 11) is 0. The van der Waals surface area contributed by atoms with Gasteiger partial charge < -0.3 is 14.8 Å². The number of carbonyl (C=O) groups excluding carboxylic acids is 1. The van der Waals surface area contributed by atoms with Crippen LogP contribution in [0.3, 0.4) is 0 Å². The van der Waals surface area contributed by atoms with E-state index >= 15 is 0 Å². The molecule has 0 aliphatic carbocycles. The highest BCUT2D eigenvalue weighted by molar-refractivity contribution is 6.33. The predicted molar refractivity (Wildman–Crippen MR) is 90.5 cm³/mol. The number of nitrogens with zero attached hydrogens (tertiary/aromatic N) is 2. The van der Waals surface area contributed by atoms with Gasteiger partial charge in [0.2, 0.25) is 6.79 Å². The van der Waals surface area contributed by atoms with Crippen LogP contribution < -0.4 is 14.8 Å². The molecule has 1 aliphatic rings. The van der Waals surface area contributed by atoms with Gasteiger partial charge in [0, 0.05) is 18.0 Å². The smallest absolute Gasteiger partial charge is 0.417 e. The van der Waals surface area contributed by atoms with E-state index in [2.05, 4.69) is 10.3 Å². The fourth-order valence-electron chi connectivity index (χ4n) is 2.81. The molecule has 1 amide bonds. The standard InChI is InChI=1S/C17H11ClF3N3O3/c1-8-14(16(25)23-10-2-3-12-13(5-10)27-7-26-12)24-6-9(17(19,20)21)4-11(18)15(24)22-8/h2-6H,7H2,1H3,(H,23,25). The van der Waals surface area contributed by atoms with Gasteiger partial charge >= 0.3 is 6.18 Å². The minimum atomic E-state index is -4.61. The molecule has 0 unspecified atom stereocenters. The van der Waals surface area contributed by atoms with Gasteiger partial charge in [0.15, 0.2) is 17.1 Å². The van der Waals surface area contributed by atoms with Gasteiger partial charge in [-0.2, -0.15) is 13.2 Å². The maximum atomic E-state index is 13.1. The van der Waals surface area contributed by atoms with Crippen LogP contribution in [0.2, 0.25) is 5.02 Å². The Morgan fingerprint density at radius 3 is 2.74 bits per heavy atom. The lowest BCUT2D eigenvalue weighted by Crippen LogP contribution is -2.16. The van der Waals surface area contributed by atoms with Crippen molar-refractivity contribution in [2.45, 2.75) is 13.1 Å². The van der Waals surface area contributed by atoms with E-state index < -0.39 is 17.6 Å². The molecule has 140 valence electrons. The molecule has 0 spiro atoms. The quantitative estimate of drug-likeness (QED) is 0.700. The monoisotopic (exact) mass is 397 g/mol. The zero-order valence-corrected chi connectivity index (χ0v) is 14.5. The number of aromatic nitrogens is 2. The van der Waals surface area contributed by atoms with Crippen LogP contribution >= 0.6 is 11.6 Å². The molecule has 0 fully saturated rings. The molecule has 1 N–H and O–H groups in total. The number of anilines is 1. The van der Waals surface area contributed by atoms with E-state index in [1.54, 1.807) is 18.2 Å². The second kappa shape index (κ2) is 6.05. The number of alkyl halides is 3.